The Balaban J connectivity index is 2.06. The summed E-state index contributed by atoms with van der Waals surface area (Å²) in [7, 11) is 0. The van der Waals surface area contributed by atoms with Crippen LogP contribution in [0, 0.1) is 0 Å². The number of nitrogens with two attached hydrogens (primary N) is 1. The molecule has 0 heterocycles. The highest BCUT2D eigenvalue weighted by molar-refractivity contribution is 7.80. The zero-order valence-corrected chi connectivity index (χ0v) is 8.36. The molecule has 0 saturated heterocycles. The molecule has 70 valence electrons. The summed E-state index contributed by atoms with van der Waals surface area (Å²) in [4.78, 5) is 2.46. The van der Waals surface area contributed by atoms with E-state index in [0.717, 1.165) is 25.7 Å². The fraction of sp³-hybridized carbons (Fsp3) is 0.875. The van der Waals surface area contributed by atoms with Crippen LogP contribution in [0.25, 0.3) is 0 Å². The Hall–Kier alpha value is -0.350. The lowest BCUT2D eigenvalue weighted by Crippen LogP contribution is -2.38. The van der Waals surface area contributed by atoms with Gasteiger partial charge in [-0.2, -0.15) is 0 Å². The zero-order chi connectivity index (χ0) is 8.97. The van der Waals surface area contributed by atoms with Crippen LogP contribution in [0.1, 0.15) is 19.8 Å². The van der Waals surface area contributed by atoms with Crippen molar-refractivity contribution in [2.45, 2.75) is 25.8 Å². The molecule has 0 aromatic carbocycles. The molecule has 0 aliphatic heterocycles. The summed E-state index contributed by atoms with van der Waals surface area (Å²) in [6, 6.07) is 0.836. The number of thiocarbonyl (C=S) groups is 1. The first-order valence-electron chi connectivity index (χ1n) is 4.51. The van der Waals surface area contributed by atoms with Gasteiger partial charge in [-0.25, -0.2) is 0 Å². The van der Waals surface area contributed by atoms with Crippen LogP contribution in [0.2, 0.25) is 0 Å². The third-order valence-corrected chi connectivity index (χ3v) is 2.31. The minimum absolute atomic E-state index is 0.404. The highest BCUT2D eigenvalue weighted by atomic mass is 32.1. The van der Waals surface area contributed by atoms with E-state index < -0.39 is 0 Å². The van der Waals surface area contributed by atoms with Crippen molar-refractivity contribution in [2.24, 2.45) is 5.73 Å². The smallest absolute Gasteiger partial charge is 0.163 e. The highest BCUT2D eigenvalue weighted by Gasteiger charge is 2.26. The Morgan fingerprint density at radius 3 is 2.75 bits per heavy atom. The van der Waals surface area contributed by atoms with Crippen LogP contribution in [-0.2, 0) is 0 Å². The molecule has 1 aliphatic rings. The molecule has 4 heteroatoms. The Kier molecular flexibility index (Phi) is 3.75. The molecular formula is C8H17N3S. The average molecular weight is 187 g/mol. The van der Waals surface area contributed by atoms with Crippen molar-refractivity contribution in [3.8, 4) is 0 Å². The van der Waals surface area contributed by atoms with Crippen molar-refractivity contribution in [3.63, 3.8) is 0 Å². The van der Waals surface area contributed by atoms with Gasteiger partial charge in [0.1, 0.15) is 0 Å². The predicted molar refractivity (Wildman–Crippen MR) is 55.1 cm³/mol. The lowest BCUT2D eigenvalue weighted by molar-refractivity contribution is 0.282. The lowest BCUT2D eigenvalue weighted by Gasteiger charge is -2.19. The second kappa shape index (κ2) is 4.62. The number of hydrogen-bond acceptors (Lipinski definition) is 2. The topological polar surface area (TPSA) is 41.3 Å². The Morgan fingerprint density at radius 2 is 2.33 bits per heavy atom. The monoisotopic (exact) mass is 187 g/mol. The van der Waals surface area contributed by atoms with Gasteiger partial charge in [0.25, 0.3) is 0 Å². The largest absolute Gasteiger partial charge is 0.376 e. The standard InChI is InChI=1S/C8H17N3S/c1-2-11(7-3-4-7)6-5-10-8(9)12/h7H,2-6H2,1H3,(H3,9,10,12). The number of likely N-dealkylation sites (N-methyl/N-ethyl adjacent to an activating group) is 1. The van der Waals surface area contributed by atoms with E-state index in [9.17, 15) is 0 Å². The van der Waals surface area contributed by atoms with Crippen LogP contribution in [0.15, 0.2) is 0 Å². The first-order valence-corrected chi connectivity index (χ1v) is 4.92. The molecule has 3 nitrogen and oxygen atoms in total. The maximum Gasteiger partial charge on any atom is 0.163 e. The molecule has 1 aliphatic carbocycles. The average Bonchev–Trinajstić information content (AvgIpc) is 2.80. The van der Waals surface area contributed by atoms with Crippen LogP contribution in [-0.4, -0.2) is 35.7 Å². The van der Waals surface area contributed by atoms with E-state index in [0.29, 0.717) is 5.11 Å². The normalized spacial score (nSPS) is 16.5. The summed E-state index contributed by atoms with van der Waals surface area (Å²) < 4.78 is 0. The fourth-order valence-electron chi connectivity index (χ4n) is 1.36. The first kappa shape index (κ1) is 9.74. The van der Waals surface area contributed by atoms with E-state index in [2.05, 4.69) is 17.1 Å². The van der Waals surface area contributed by atoms with Gasteiger partial charge < -0.3 is 11.1 Å². The minimum atomic E-state index is 0.404. The van der Waals surface area contributed by atoms with Gasteiger partial charge in [0, 0.05) is 19.1 Å². The maximum atomic E-state index is 5.31. The van der Waals surface area contributed by atoms with E-state index >= 15 is 0 Å². The molecule has 0 unspecified atom stereocenters. The Labute approximate surface area is 79.3 Å². The number of nitrogens with one attached hydrogen (secondary N) is 1. The van der Waals surface area contributed by atoms with E-state index in [-0.39, 0.29) is 0 Å². The van der Waals surface area contributed by atoms with Gasteiger partial charge in [-0.3, -0.25) is 4.90 Å². The summed E-state index contributed by atoms with van der Waals surface area (Å²) in [5, 5.41) is 3.36. The van der Waals surface area contributed by atoms with Gasteiger partial charge in [-0.05, 0) is 31.6 Å². The molecule has 1 fully saturated rings. The molecule has 0 amide bonds. The second-order valence-electron chi connectivity index (χ2n) is 3.15. The van der Waals surface area contributed by atoms with Crippen molar-refractivity contribution >= 4 is 17.3 Å². The van der Waals surface area contributed by atoms with Crippen LogP contribution >= 0.6 is 12.2 Å². The molecule has 3 N–H and O–H groups in total. The number of rotatable bonds is 5. The predicted octanol–water partition coefficient (Wildman–Crippen LogP) is 0.304. The molecule has 0 radical (unpaired) electrons. The minimum Gasteiger partial charge on any atom is -0.376 e. The highest BCUT2D eigenvalue weighted by Crippen LogP contribution is 2.25. The Morgan fingerprint density at radius 1 is 1.67 bits per heavy atom. The maximum absolute atomic E-state index is 5.31. The van der Waals surface area contributed by atoms with Gasteiger partial charge in [-0.1, -0.05) is 6.92 Å². The molecule has 0 bridgehead atoms. The fourth-order valence-corrected chi connectivity index (χ4v) is 1.46. The van der Waals surface area contributed by atoms with E-state index in [1.807, 2.05) is 0 Å². The second-order valence-corrected chi connectivity index (χ2v) is 3.59. The lowest BCUT2D eigenvalue weighted by atomic mass is 10.4. The molecule has 12 heavy (non-hydrogen) atoms. The van der Waals surface area contributed by atoms with Crippen molar-refractivity contribution in [3.05, 3.63) is 0 Å². The van der Waals surface area contributed by atoms with Crippen LogP contribution < -0.4 is 11.1 Å². The van der Waals surface area contributed by atoms with Crippen molar-refractivity contribution in [1.29, 1.82) is 0 Å². The molecule has 0 aromatic heterocycles. The molecule has 0 spiro atoms. The third-order valence-electron chi connectivity index (χ3n) is 2.17. The van der Waals surface area contributed by atoms with Crippen molar-refractivity contribution in [1.82, 2.24) is 10.2 Å². The van der Waals surface area contributed by atoms with Gasteiger partial charge in [0.15, 0.2) is 5.11 Å². The van der Waals surface area contributed by atoms with E-state index in [4.69, 9.17) is 18.0 Å². The van der Waals surface area contributed by atoms with Gasteiger partial charge in [0.05, 0.1) is 0 Å². The summed E-state index contributed by atoms with van der Waals surface area (Å²) in [5.74, 6) is 0. The van der Waals surface area contributed by atoms with Crippen molar-refractivity contribution in [2.75, 3.05) is 19.6 Å². The molecule has 0 atom stereocenters. The zero-order valence-electron chi connectivity index (χ0n) is 7.55. The van der Waals surface area contributed by atoms with Gasteiger partial charge in [0.2, 0.25) is 0 Å². The quantitative estimate of drug-likeness (QED) is 0.608. The number of hydrogen-bond donors (Lipinski definition) is 2. The van der Waals surface area contributed by atoms with Crippen LogP contribution in [0.3, 0.4) is 0 Å². The van der Waals surface area contributed by atoms with Gasteiger partial charge >= 0.3 is 0 Å². The molecule has 1 rings (SSSR count). The van der Waals surface area contributed by atoms with Crippen LogP contribution in [0.5, 0.6) is 0 Å². The number of nitrogens with zero attached hydrogens (tertiary/aromatic N) is 1. The summed E-state index contributed by atoms with van der Waals surface area (Å²) >= 11 is 4.71. The van der Waals surface area contributed by atoms with Gasteiger partial charge in [-0.15, -0.1) is 0 Å². The SMILES string of the molecule is CCN(CCNC(N)=S)C1CC1. The van der Waals surface area contributed by atoms with E-state index in [1.165, 1.54) is 12.8 Å². The first-order chi connectivity index (χ1) is 5.74. The summed E-state index contributed by atoms with van der Waals surface area (Å²) in [6.45, 7) is 5.25. The third kappa shape index (κ3) is 3.36. The summed E-state index contributed by atoms with van der Waals surface area (Å²) in [6.07, 6.45) is 2.72. The van der Waals surface area contributed by atoms with Crippen LogP contribution in [0.4, 0.5) is 0 Å². The molecule has 1 saturated carbocycles. The molecule has 0 aromatic rings. The van der Waals surface area contributed by atoms with Crippen molar-refractivity contribution < 1.29 is 0 Å². The van der Waals surface area contributed by atoms with E-state index in [1.54, 1.807) is 0 Å². The Bertz CT molecular complexity index is 156. The summed E-state index contributed by atoms with van der Waals surface area (Å²) in [5.41, 5.74) is 5.31. The molecular weight excluding hydrogens is 170 g/mol.